The number of aromatic nitrogens is 1. The van der Waals surface area contributed by atoms with Gasteiger partial charge in [-0.25, -0.2) is 4.98 Å². The van der Waals surface area contributed by atoms with E-state index >= 15 is 0 Å². The number of thiazole rings is 1. The second-order valence-electron chi connectivity index (χ2n) is 5.66. The molecule has 0 spiro atoms. The van der Waals surface area contributed by atoms with Crippen LogP contribution in [0.1, 0.15) is 31.0 Å². The Labute approximate surface area is 144 Å². The van der Waals surface area contributed by atoms with E-state index in [9.17, 15) is 14.7 Å². The van der Waals surface area contributed by atoms with E-state index in [1.165, 1.54) is 11.3 Å². The van der Waals surface area contributed by atoms with Gasteiger partial charge in [0, 0.05) is 11.8 Å². The Morgan fingerprint density at radius 2 is 2.21 bits per heavy atom. The van der Waals surface area contributed by atoms with Crippen LogP contribution in [0.2, 0.25) is 0 Å². The van der Waals surface area contributed by atoms with Crippen molar-refractivity contribution >= 4 is 23.2 Å². The molecule has 128 valence electrons. The van der Waals surface area contributed by atoms with E-state index in [0.29, 0.717) is 17.7 Å². The van der Waals surface area contributed by atoms with Crippen molar-refractivity contribution < 1.29 is 19.4 Å². The Kier molecular flexibility index (Phi) is 5.92. The van der Waals surface area contributed by atoms with Gasteiger partial charge in [0.2, 0.25) is 5.91 Å². The van der Waals surface area contributed by atoms with Crippen molar-refractivity contribution in [2.75, 3.05) is 7.11 Å². The zero-order chi connectivity index (χ0) is 17.6. The minimum Gasteiger partial charge on any atom is -0.497 e. The molecule has 1 atom stereocenters. The van der Waals surface area contributed by atoms with Crippen molar-refractivity contribution in [2.45, 2.75) is 31.7 Å². The number of nitrogens with one attached hydrogen (secondary N) is 1. The van der Waals surface area contributed by atoms with Gasteiger partial charge in [0.05, 0.1) is 30.3 Å². The Hall–Kier alpha value is -2.41. The number of methoxy groups -OCH3 is 1. The Bertz CT molecular complexity index is 702. The summed E-state index contributed by atoms with van der Waals surface area (Å²) in [5.41, 5.74) is 2.25. The molecule has 1 aromatic heterocycles. The fourth-order valence-corrected chi connectivity index (χ4v) is 3.05. The summed E-state index contributed by atoms with van der Waals surface area (Å²) >= 11 is 1.48. The molecule has 1 unspecified atom stereocenters. The number of amides is 1. The molecule has 0 fully saturated rings. The van der Waals surface area contributed by atoms with Crippen LogP contribution in [0.5, 0.6) is 5.75 Å². The average Bonchev–Trinajstić information content (AvgIpc) is 3.05. The van der Waals surface area contributed by atoms with E-state index in [0.717, 1.165) is 5.69 Å². The summed E-state index contributed by atoms with van der Waals surface area (Å²) in [5.74, 6) is -0.587. The maximum Gasteiger partial charge on any atom is 0.306 e. The predicted octanol–water partition coefficient (Wildman–Crippen LogP) is 2.59. The van der Waals surface area contributed by atoms with Gasteiger partial charge in [0.15, 0.2) is 0 Å². The highest BCUT2D eigenvalue weighted by molar-refractivity contribution is 7.07. The molecule has 2 rings (SSSR count). The molecule has 2 N–H and O–H groups in total. The van der Waals surface area contributed by atoms with Gasteiger partial charge in [-0.3, -0.25) is 9.59 Å². The van der Waals surface area contributed by atoms with Gasteiger partial charge in [0.1, 0.15) is 5.75 Å². The number of hydrogen-bond donors (Lipinski definition) is 2. The molecule has 6 nitrogen and oxygen atoms in total. The molecular weight excluding hydrogens is 328 g/mol. The van der Waals surface area contributed by atoms with Crippen molar-refractivity contribution in [3.05, 3.63) is 46.4 Å². The van der Waals surface area contributed by atoms with Gasteiger partial charge in [-0.05, 0) is 31.0 Å². The van der Waals surface area contributed by atoms with Gasteiger partial charge in [-0.15, -0.1) is 11.3 Å². The number of rotatable bonds is 8. The molecular formula is C17H20N2O4S. The molecule has 0 radical (unpaired) electrons. The smallest absolute Gasteiger partial charge is 0.306 e. The first-order valence-electron chi connectivity index (χ1n) is 7.47. The lowest BCUT2D eigenvalue weighted by Crippen LogP contribution is -2.45. The Morgan fingerprint density at radius 3 is 2.83 bits per heavy atom. The quantitative estimate of drug-likeness (QED) is 0.765. The lowest BCUT2D eigenvalue weighted by atomic mass is 9.88. The van der Waals surface area contributed by atoms with E-state index in [1.54, 1.807) is 43.8 Å². The molecule has 2 aromatic rings. The second-order valence-corrected chi connectivity index (χ2v) is 6.38. The predicted molar refractivity (Wildman–Crippen MR) is 91.2 cm³/mol. The maximum absolute atomic E-state index is 12.3. The van der Waals surface area contributed by atoms with Gasteiger partial charge in [-0.2, -0.15) is 0 Å². The fourth-order valence-electron chi connectivity index (χ4n) is 2.46. The number of hydrogen-bond acceptors (Lipinski definition) is 5. The number of carbonyl (C=O) groups is 2. The van der Waals surface area contributed by atoms with Crippen LogP contribution >= 0.6 is 11.3 Å². The number of carbonyl (C=O) groups excluding carboxylic acids is 1. The summed E-state index contributed by atoms with van der Waals surface area (Å²) in [4.78, 5) is 27.7. The molecule has 0 bridgehead atoms. The summed E-state index contributed by atoms with van der Waals surface area (Å²) in [6.07, 6.45) is 0.558. The fraction of sp³-hybridized carbons (Fsp3) is 0.353. The molecule has 0 aliphatic heterocycles. The topological polar surface area (TPSA) is 88.5 Å². The van der Waals surface area contributed by atoms with Crippen LogP contribution in [0, 0.1) is 0 Å². The molecule has 0 saturated carbocycles. The second kappa shape index (κ2) is 7.92. The number of carboxylic acid groups (broad SMARTS) is 1. The van der Waals surface area contributed by atoms with Gasteiger partial charge < -0.3 is 15.2 Å². The van der Waals surface area contributed by atoms with E-state index in [2.05, 4.69) is 10.3 Å². The first kappa shape index (κ1) is 17.9. The number of carboxylic acids is 1. The highest BCUT2D eigenvalue weighted by Crippen LogP contribution is 2.28. The summed E-state index contributed by atoms with van der Waals surface area (Å²) < 4.78 is 5.19. The van der Waals surface area contributed by atoms with Crippen molar-refractivity contribution in [3.8, 4) is 5.75 Å². The molecule has 1 amide bonds. The van der Waals surface area contributed by atoms with E-state index in [1.807, 2.05) is 5.38 Å². The lowest BCUT2D eigenvalue weighted by Gasteiger charge is -2.30. The highest BCUT2D eigenvalue weighted by Gasteiger charge is 2.31. The third kappa shape index (κ3) is 4.79. The standard InChI is InChI=1S/C17H20N2O4S/c1-17(9-16(21)22,12-4-3-5-14(8-12)23-2)19-15(20)7-6-13-10-24-11-18-13/h3-5,8,10-11H,6-7,9H2,1-2H3,(H,19,20)(H,21,22). The van der Waals surface area contributed by atoms with E-state index < -0.39 is 11.5 Å². The molecule has 0 saturated heterocycles. The van der Waals surface area contributed by atoms with Crippen LogP contribution < -0.4 is 10.1 Å². The summed E-state index contributed by atoms with van der Waals surface area (Å²) in [6, 6.07) is 7.07. The lowest BCUT2D eigenvalue weighted by molar-refractivity contribution is -0.139. The maximum atomic E-state index is 12.3. The van der Waals surface area contributed by atoms with E-state index in [-0.39, 0.29) is 18.7 Å². The van der Waals surface area contributed by atoms with Crippen LogP contribution in [0.15, 0.2) is 35.2 Å². The minimum absolute atomic E-state index is 0.213. The van der Waals surface area contributed by atoms with Gasteiger partial charge in [-0.1, -0.05) is 12.1 Å². The van der Waals surface area contributed by atoms with Crippen LogP contribution in [-0.4, -0.2) is 29.1 Å². The monoisotopic (exact) mass is 348 g/mol. The molecule has 1 aromatic carbocycles. The van der Waals surface area contributed by atoms with Crippen LogP contribution in [-0.2, 0) is 21.5 Å². The highest BCUT2D eigenvalue weighted by atomic mass is 32.1. The SMILES string of the molecule is COc1cccc(C(C)(CC(=O)O)NC(=O)CCc2cscn2)c1. The molecule has 0 aliphatic carbocycles. The number of aryl methyl sites for hydroxylation is 1. The molecule has 7 heteroatoms. The van der Waals surface area contributed by atoms with Gasteiger partial charge in [0.25, 0.3) is 0 Å². The number of nitrogens with zero attached hydrogens (tertiary/aromatic N) is 1. The van der Waals surface area contributed by atoms with Crippen LogP contribution in [0.25, 0.3) is 0 Å². The molecule has 1 heterocycles. The third-order valence-corrected chi connectivity index (χ3v) is 4.35. The number of aliphatic carboxylic acids is 1. The van der Waals surface area contributed by atoms with Crippen LogP contribution in [0.3, 0.4) is 0 Å². The summed E-state index contributed by atoms with van der Waals surface area (Å²) in [6.45, 7) is 1.70. The number of benzene rings is 1. The summed E-state index contributed by atoms with van der Waals surface area (Å²) in [5, 5.41) is 14.0. The van der Waals surface area contributed by atoms with Crippen molar-refractivity contribution in [3.63, 3.8) is 0 Å². The zero-order valence-electron chi connectivity index (χ0n) is 13.6. The Morgan fingerprint density at radius 1 is 1.42 bits per heavy atom. The normalized spacial score (nSPS) is 13.1. The van der Waals surface area contributed by atoms with Crippen LogP contribution in [0.4, 0.5) is 0 Å². The van der Waals surface area contributed by atoms with Crippen molar-refractivity contribution in [1.82, 2.24) is 10.3 Å². The Balaban J connectivity index is 2.13. The van der Waals surface area contributed by atoms with Crippen molar-refractivity contribution in [1.29, 1.82) is 0 Å². The van der Waals surface area contributed by atoms with E-state index in [4.69, 9.17) is 4.74 Å². The first-order valence-corrected chi connectivity index (χ1v) is 8.41. The van der Waals surface area contributed by atoms with Gasteiger partial charge >= 0.3 is 5.97 Å². The molecule has 0 aliphatic rings. The minimum atomic E-state index is -1.01. The zero-order valence-corrected chi connectivity index (χ0v) is 14.4. The molecule has 24 heavy (non-hydrogen) atoms. The van der Waals surface area contributed by atoms with Crippen molar-refractivity contribution in [2.24, 2.45) is 0 Å². The first-order chi connectivity index (χ1) is 11.4. The third-order valence-electron chi connectivity index (χ3n) is 3.72. The summed E-state index contributed by atoms with van der Waals surface area (Å²) in [7, 11) is 1.54. The largest absolute Gasteiger partial charge is 0.497 e. The average molecular weight is 348 g/mol. The number of ether oxygens (including phenoxy) is 1.